The van der Waals surface area contributed by atoms with Crippen molar-refractivity contribution in [3.05, 3.63) is 93.3 Å². The van der Waals surface area contributed by atoms with Crippen LogP contribution < -0.4 is 10.7 Å². The number of carboxylic acid groups (broad SMARTS) is 1. The molecule has 0 amide bonds. The van der Waals surface area contributed by atoms with Crippen LogP contribution in [0.25, 0.3) is 16.9 Å². The van der Waals surface area contributed by atoms with Gasteiger partial charge in [-0.1, -0.05) is 49.4 Å². The Morgan fingerprint density at radius 3 is 2.58 bits per heavy atom. The molecule has 2 atom stereocenters. The minimum absolute atomic E-state index is 0.0250. The van der Waals surface area contributed by atoms with Gasteiger partial charge >= 0.3 is 5.97 Å². The number of fused-ring (bicyclic) bond motifs is 1. The summed E-state index contributed by atoms with van der Waals surface area (Å²) in [6.07, 6.45) is 5.27. The number of hydrogen-bond donors (Lipinski definition) is 2. The second-order valence-electron chi connectivity index (χ2n) is 9.98. The van der Waals surface area contributed by atoms with Gasteiger partial charge in [0, 0.05) is 35.0 Å². The monoisotopic (exact) mass is 484 g/mol. The minimum atomic E-state index is -0.987. The second-order valence-corrected chi connectivity index (χ2v) is 9.98. The van der Waals surface area contributed by atoms with Crippen molar-refractivity contribution in [1.29, 1.82) is 0 Å². The molecular formula is C30H32N2O4. The topological polar surface area (TPSA) is 82.8 Å². The van der Waals surface area contributed by atoms with Gasteiger partial charge < -0.3 is 14.8 Å². The number of anilines is 1. The number of allylic oxidation sites excluding steroid dienone is 1. The Morgan fingerprint density at radius 1 is 1.14 bits per heavy atom. The van der Waals surface area contributed by atoms with Crippen molar-refractivity contribution in [1.82, 2.24) is 4.90 Å². The van der Waals surface area contributed by atoms with E-state index in [0.717, 1.165) is 30.8 Å². The van der Waals surface area contributed by atoms with E-state index in [-0.39, 0.29) is 23.0 Å². The van der Waals surface area contributed by atoms with Gasteiger partial charge in [0.2, 0.25) is 0 Å². The summed E-state index contributed by atoms with van der Waals surface area (Å²) in [5, 5.41) is 12.9. The Morgan fingerprint density at radius 2 is 1.86 bits per heavy atom. The number of nitrogens with one attached hydrogen (secondary N) is 1. The molecule has 0 spiro atoms. The molecule has 1 aromatic heterocycles. The highest BCUT2D eigenvalue weighted by Gasteiger charge is 2.27. The van der Waals surface area contributed by atoms with Crippen LogP contribution in [0.1, 0.15) is 53.9 Å². The fourth-order valence-corrected chi connectivity index (χ4v) is 5.27. The van der Waals surface area contributed by atoms with Crippen LogP contribution in [0.3, 0.4) is 0 Å². The van der Waals surface area contributed by atoms with E-state index in [9.17, 15) is 14.7 Å². The fraction of sp³-hybridized carbons (Fsp3) is 0.333. The first-order chi connectivity index (χ1) is 17.4. The average molecular weight is 485 g/mol. The van der Waals surface area contributed by atoms with Crippen molar-refractivity contribution < 1.29 is 14.3 Å². The van der Waals surface area contributed by atoms with Crippen LogP contribution in [-0.2, 0) is 13.0 Å². The zero-order chi connectivity index (χ0) is 25.2. The van der Waals surface area contributed by atoms with Gasteiger partial charge in [-0.3, -0.25) is 9.69 Å². The quantitative estimate of drug-likeness (QED) is 0.449. The van der Waals surface area contributed by atoms with Gasteiger partial charge in [-0.05, 0) is 62.9 Å². The van der Waals surface area contributed by atoms with Gasteiger partial charge in [0.25, 0.3) is 0 Å². The number of rotatable bonds is 7. The molecule has 6 nitrogen and oxygen atoms in total. The molecule has 3 aromatic rings. The Kier molecular flexibility index (Phi) is 6.79. The molecule has 2 N–H and O–H groups in total. The van der Waals surface area contributed by atoms with Crippen LogP contribution >= 0.6 is 0 Å². The van der Waals surface area contributed by atoms with Gasteiger partial charge in [-0.15, -0.1) is 0 Å². The standard InChI is InChI=1S/C30H32N2O4/c1-19-15-24(20(2)31-26-8-4-3-7-23(26)30(34)35)29-25(16-19)27(33)17-28(36-29)22-11-9-21(10-12-22)18-32-13-5-6-14-32/h3-4,7-12,15,17,19-20,31H,5-6,13-14,16,18H2,1-2H3,(H,34,35). The van der Waals surface area contributed by atoms with E-state index in [1.54, 1.807) is 30.3 Å². The molecule has 6 heteroatoms. The van der Waals surface area contributed by atoms with Crippen molar-refractivity contribution in [2.75, 3.05) is 18.4 Å². The highest BCUT2D eigenvalue weighted by atomic mass is 16.4. The van der Waals surface area contributed by atoms with Crippen LogP contribution in [0.15, 0.2) is 69.9 Å². The summed E-state index contributed by atoms with van der Waals surface area (Å²) in [7, 11) is 0. The average Bonchev–Trinajstić information content (AvgIpc) is 3.37. The number of nitrogens with zero attached hydrogens (tertiary/aromatic N) is 1. The van der Waals surface area contributed by atoms with E-state index in [2.05, 4.69) is 35.3 Å². The highest BCUT2D eigenvalue weighted by molar-refractivity contribution is 5.94. The third-order valence-electron chi connectivity index (χ3n) is 7.14. The zero-order valence-corrected chi connectivity index (χ0v) is 20.8. The molecule has 36 heavy (non-hydrogen) atoms. The third kappa shape index (κ3) is 5.00. The maximum absolute atomic E-state index is 13.2. The van der Waals surface area contributed by atoms with Crippen LogP contribution in [0, 0.1) is 5.92 Å². The second kappa shape index (κ2) is 10.2. The van der Waals surface area contributed by atoms with Gasteiger partial charge in [-0.2, -0.15) is 0 Å². The van der Waals surface area contributed by atoms with Crippen molar-refractivity contribution in [3.63, 3.8) is 0 Å². The summed E-state index contributed by atoms with van der Waals surface area (Å²) in [6.45, 7) is 7.29. The number of para-hydroxylation sites is 1. The lowest BCUT2D eigenvalue weighted by Crippen LogP contribution is -2.26. The fourth-order valence-electron chi connectivity index (χ4n) is 5.27. The maximum atomic E-state index is 13.2. The van der Waals surface area contributed by atoms with Gasteiger partial charge in [0.1, 0.15) is 11.5 Å². The van der Waals surface area contributed by atoms with E-state index >= 15 is 0 Å². The predicted octanol–water partition coefficient (Wildman–Crippen LogP) is 5.68. The number of hydrogen-bond acceptors (Lipinski definition) is 5. The minimum Gasteiger partial charge on any atom is -0.478 e. The zero-order valence-electron chi connectivity index (χ0n) is 20.8. The van der Waals surface area contributed by atoms with E-state index in [0.29, 0.717) is 29.2 Å². The van der Waals surface area contributed by atoms with Crippen LogP contribution in [0.5, 0.6) is 0 Å². The lowest BCUT2D eigenvalue weighted by atomic mass is 9.86. The van der Waals surface area contributed by atoms with Gasteiger partial charge in [0.15, 0.2) is 5.43 Å². The molecule has 0 radical (unpaired) electrons. The van der Waals surface area contributed by atoms with Gasteiger partial charge in [0.05, 0.1) is 11.6 Å². The predicted molar refractivity (Wildman–Crippen MR) is 142 cm³/mol. The molecule has 1 fully saturated rings. The molecule has 1 aliphatic heterocycles. The summed E-state index contributed by atoms with van der Waals surface area (Å²) in [6, 6.07) is 16.5. The number of benzene rings is 2. The summed E-state index contributed by atoms with van der Waals surface area (Å²) in [5.74, 6) is 0.318. The first-order valence-corrected chi connectivity index (χ1v) is 12.7. The molecular weight excluding hydrogens is 452 g/mol. The molecule has 2 aromatic carbocycles. The smallest absolute Gasteiger partial charge is 0.337 e. The normalized spacial score (nSPS) is 18.4. The number of carbonyl (C=O) groups is 1. The van der Waals surface area contributed by atoms with Crippen molar-refractivity contribution >= 4 is 17.2 Å². The van der Waals surface area contributed by atoms with Gasteiger partial charge in [-0.25, -0.2) is 4.79 Å². The summed E-state index contributed by atoms with van der Waals surface area (Å²) < 4.78 is 6.40. The number of likely N-dealkylation sites (tertiary alicyclic amines) is 1. The van der Waals surface area contributed by atoms with E-state index in [1.807, 2.05) is 19.1 Å². The number of carboxylic acids is 1. The van der Waals surface area contributed by atoms with Crippen molar-refractivity contribution in [2.45, 2.75) is 45.7 Å². The van der Waals surface area contributed by atoms with E-state index < -0.39 is 5.97 Å². The summed E-state index contributed by atoms with van der Waals surface area (Å²) in [4.78, 5) is 27.3. The van der Waals surface area contributed by atoms with E-state index in [4.69, 9.17) is 4.42 Å². The SMILES string of the molecule is CC1C=C(C(C)Nc2ccccc2C(=O)O)c2oc(-c3ccc(CN4CCCC4)cc3)cc(=O)c2C1. The van der Waals surface area contributed by atoms with Crippen molar-refractivity contribution in [3.8, 4) is 11.3 Å². The van der Waals surface area contributed by atoms with Crippen LogP contribution in [-0.4, -0.2) is 35.1 Å². The largest absolute Gasteiger partial charge is 0.478 e. The Balaban J connectivity index is 1.45. The Labute approximate surface area is 211 Å². The highest BCUT2D eigenvalue weighted by Crippen LogP contribution is 2.34. The molecule has 5 rings (SSSR count). The van der Waals surface area contributed by atoms with Crippen LogP contribution in [0.4, 0.5) is 5.69 Å². The Hall–Kier alpha value is -3.64. The number of aromatic carboxylic acids is 1. The molecule has 2 heterocycles. The first kappa shape index (κ1) is 24.1. The molecule has 0 bridgehead atoms. The third-order valence-corrected chi connectivity index (χ3v) is 7.14. The summed E-state index contributed by atoms with van der Waals surface area (Å²) in [5.41, 5.74) is 4.38. The molecule has 1 saturated heterocycles. The lowest BCUT2D eigenvalue weighted by molar-refractivity contribution is 0.0698. The van der Waals surface area contributed by atoms with E-state index in [1.165, 1.54) is 18.4 Å². The molecule has 2 unspecified atom stereocenters. The summed E-state index contributed by atoms with van der Waals surface area (Å²) >= 11 is 0. The maximum Gasteiger partial charge on any atom is 0.337 e. The van der Waals surface area contributed by atoms with Crippen molar-refractivity contribution in [2.24, 2.45) is 5.92 Å². The van der Waals surface area contributed by atoms with Crippen LogP contribution in [0.2, 0.25) is 0 Å². The Bertz CT molecular complexity index is 1350. The molecule has 186 valence electrons. The molecule has 0 saturated carbocycles. The molecule has 1 aliphatic carbocycles. The first-order valence-electron chi connectivity index (χ1n) is 12.7. The molecule has 2 aliphatic rings. The lowest BCUT2D eigenvalue weighted by Gasteiger charge is -2.26.